The first kappa shape index (κ1) is 11.7. The molecule has 4 heteroatoms. The van der Waals surface area contributed by atoms with Crippen molar-refractivity contribution in [3.63, 3.8) is 0 Å². The third-order valence-corrected chi connectivity index (χ3v) is 4.33. The summed E-state index contributed by atoms with van der Waals surface area (Å²) < 4.78 is 0. The van der Waals surface area contributed by atoms with Crippen molar-refractivity contribution in [3.8, 4) is 0 Å². The van der Waals surface area contributed by atoms with Gasteiger partial charge < -0.3 is 4.90 Å². The molecule has 1 atom stereocenters. The molecule has 1 fully saturated rings. The highest BCUT2D eigenvalue weighted by molar-refractivity contribution is 5.93. The van der Waals surface area contributed by atoms with Gasteiger partial charge in [-0.25, -0.2) is 5.48 Å². The summed E-state index contributed by atoms with van der Waals surface area (Å²) in [4.78, 5) is 13.8. The normalized spacial score (nSPS) is 26.6. The van der Waals surface area contributed by atoms with Crippen LogP contribution in [0, 0.1) is 5.41 Å². The van der Waals surface area contributed by atoms with E-state index in [9.17, 15) is 4.79 Å². The highest BCUT2D eigenvalue weighted by Gasteiger charge is 2.41. The van der Waals surface area contributed by atoms with E-state index in [0.29, 0.717) is 11.0 Å². The molecule has 2 N–H and O–H groups in total. The van der Waals surface area contributed by atoms with Crippen LogP contribution < -0.4 is 5.48 Å². The third-order valence-electron chi connectivity index (χ3n) is 4.33. The lowest BCUT2D eigenvalue weighted by Crippen LogP contribution is -2.25. The van der Waals surface area contributed by atoms with Crippen LogP contribution in [-0.2, 0) is 12.8 Å². The third kappa shape index (κ3) is 1.82. The Morgan fingerprint density at radius 3 is 2.83 bits per heavy atom. The Morgan fingerprint density at radius 1 is 1.39 bits per heavy atom. The van der Waals surface area contributed by atoms with E-state index < -0.39 is 5.91 Å². The molecule has 18 heavy (non-hydrogen) atoms. The Balaban J connectivity index is 1.87. The van der Waals surface area contributed by atoms with Gasteiger partial charge in [-0.3, -0.25) is 10.0 Å². The number of nitrogens with one attached hydrogen (secondary N) is 1. The van der Waals surface area contributed by atoms with E-state index in [4.69, 9.17) is 5.21 Å². The van der Waals surface area contributed by atoms with Gasteiger partial charge in [-0.2, -0.15) is 0 Å². The maximum Gasteiger partial charge on any atom is 0.274 e. The van der Waals surface area contributed by atoms with Gasteiger partial charge in [0.05, 0.1) is 0 Å². The van der Waals surface area contributed by atoms with E-state index in [1.165, 1.54) is 17.5 Å². The molecule has 0 unspecified atom stereocenters. The number of rotatable bonds is 1. The number of fused-ring (bicyclic) bond motifs is 1. The van der Waals surface area contributed by atoms with Gasteiger partial charge in [0, 0.05) is 12.1 Å². The van der Waals surface area contributed by atoms with Crippen LogP contribution in [0.1, 0.15) is 27.9 Å². The lowest BCUT2D eigenvalue weighted by molar-refractivity contribution is 0.0706. The molecule has 1 amide bonds. The molecular weight excluding hydrogens is 228 g/mol. The summed E-state index contributed by atoms with van der Waals surface area (Å²) in [7, 11) is 2.17. The number of carbonyl (C=O) groups is 1. The van der Waals surface area contributed by atoms with Crippen molar-refractivity contribution in [2.75, 3.05) is 20.1 Å². The monoisotopic (exact) mass is 246 g/mol. The van der Waals surface area contributed by atoms with Crippen LogP contribution in [0.3, 0.4) is 0 Å². The molecule has 1 aromatic rings. The van der Waals surface area contributed by atoms with Crippen LogP contribution >= 0.6 is 0 Å². The van der Waals surface area contributed by atoms with Crippen molar-refractivity contribution in [2.45, 2.75) is 19.3 Å². The molecule has 0 radical (unpaired) electrons. The van der Waals surface area contributed by atoms with Gasteiger partial charge in [-0.1, -0.05) is 6.07 Å². The first-order valence-corrected chi connectivity index (χ1v) is 6.37. The second-order valence-corrected chi connectivity index (χ2v) is 5.77. The van der Waals surface area contributed by atoms with Gasteiger partial charge in [0.25, 0.3) is 5.91 Å². The highest BCUT2D eigenvalue weighted by atomic mass is 16.5. The van der Waals surface area contributed by atoms with Gasteiger partial charge in [0.2, 0.25) is 0 Å². The Labute approximate surface area is 107 Å². The largest absolute Gasteiger partial charge is 0.306 e. The molecule has 1 spiro atoms. The maximum absolute atomic E-state index is 11.4. The number of nitrogens with zero attached hydrogens (tertiary/aromatic N) is 1. The van der Waals surface area contributed by atoms with Crippen LogP contribution in [0.25, 0.3) is 0 Å². The van der Waals surface area contributed by atoms with Crippen LogP contribution in [0.4, 0.5) is 0 Å². The minimum absolute atomic E-state index is 0.380. The first-order chi connectivity index (χ1) is 8.62. The number of benzene rings is 1. The van der Waals surface area contributed by atoms with E-state index in [-0.39, 0.29) is 0 Å². The predicted molar refractivity (Wildman–Crippen MR) is 67.6 cm³/mol. The van der Waals surface area contributed by atoms with Crippen LogP contribution in [0.2, 0.25) is 0 Å². The lowest BCUT2D eigenvalue weighted by Gasteiger charge is -2.22. The standard InChI is InChI=1S/C14H18N2O2/c1-16-5-4-14(9-16)7-11-3-2-10(13(17)15-18)6-12(11)8-14/h2-3,6,18H,4-5,7-9H2,1H3,(H,15,17)/t14-/m0/s1. The number of hydrogen-bond donors (Lipinski definition) is 2. The summed E-state index contributed by atoms with van der Waals surface area (Å²) in [6, 6.07) is 5.75. The fraction of sp³-hybridized carbons (Fsp3) is 0.500. The van der Waals surface area contributed by atoms with Gasteiger partial charge >= 0.3 is 0 Å². The number of likely N-dealkylation sites (tertiary alicyclic amines) is 1. The molecule has 1 aliphatic carbocycles. The van der Waals surface area contributed by atoms with E-state index in [0.717, 1.165) is 25.9 Å². The minimum Gasteiger partial charge on any atom is -0.306 e. The van der Waals surface area contributed by atoms with E-state index in [1.807, 2.05) is 12.1 Å². The molecule has 96 valence electrons. The Morgan fingerprint density at radius 2 is 2.17 bits per heavy atom. The van der Waals surface area contributed by atoms with Gasteiger partial charge in [-0.15, -0.1) is 0 Å². The topological polar surface area (TPSA) is 52.6 Å². The Bertz CT molecular complexity index is 501. The quantitative estimate of drug-likeness (QED) is 0.579. The molecule has 3 rings (SSSR count). The van der Waals surface area contributed by atoms with Crippen molar-refractivity contribution < 1.29 is 10.0 Å². The molecule has 1 heterocycles. The predicted octanol–water partition coefficient (Wildman–Crippen LogP) is 1.23. The summed E-state index contributed by atoms with van der Waals surface area (Å²) in [6.07, 6.45) is 3.41. The zero-order valence-electron chi connectivity index (χ0n) is 10.6. The highest BCUT2D eigenvalue weighted by Crippen LogP contribution is 2.43. The molecular formula is C14H18N2O2. The van der Waals surface area contributed by atoms with Crippen molar-refractivity contribution in [1.82, 2.24) is 10.4 Å². The van der Waals surface area contributed by atoms with Gasteiger partial charge in [0.15, 0.2) is 0 Å². The van der Waals surface area contributed by atoms with Crippen molar-refractivity contribution in [3.05, 3.63) is 34.9 Å². The molecule has 0 aromatic heterocycles. The fourth-order valence-corrected chi connectivity index (χ4v) is 3.49. The zero-order valence-corrected chi connectivity index (χ0v) is 10.6. The average Bonchev–Trinajstić information content (AvgIpc) is 2.90. The van der Waals surface area contributed by atoms with Crippen molar-refractivity contribution in [1.29, 1.82) is 0 Å². The maximum atomic E-state index is 11.4. The van der Waals surface area contributed by atoms with Gasteiger partial charge in [0.1, 0.15) is 0 Å². The summed E-state index contributed by atoms with van der Waals surface area (Å²) in [5, 5.41) is 8.67. The molecule has 4 nitrogen and oxygen atoms in total. The smallest absolute Gasteiger partial charge is 0.274 e. The number of hydrogen-bond acceptors (Lipinski definition) is 3. The average molecular weight is 246 g/mol. The molecule has 1 saturated heterocycles. The zero-order chi connectivity index (χ0) is 12.8. The number of hydroxylamine groups is 1. The number of amides is 1. The van der Waals surface area contributed by atoms with Crippen LogP contribution in [-0.4, -0.2) is 36.2 Å². The van der Waals surface area contributed by atoms with Crippen molar-refractivity contribution in [2.24, 2.45) is 5.41 Å². The van der Waals surface area contributed by atoms with Crippen LogP contribution in [0.15, 0.2) is 18.2 Å². The number of carbonyl (C=O) groups excluding carboxylic acids is 1. The molecule has 1 aliphatic heterocycles. The van der Waals surface area contributed by atoms with E-state index >= 15 is 0 Å². The van der Waals surface area contributed by atoms with Crippen LogP contribution in [0.5, 0.6) is 0 Å². The second kappa shape index (κ2) is 4.07. The Hall–Kier alpha value is -1.39. The molecule has 0 saturated carbocycles. The van der Waals surface area contributed by atoms with Gasteiger partial charge in [-0.05, 0) is 61.5 Å². The summed E-state index contributed by atoms with van der Waals surface area (Å²) in [5.74, 6) is -0.428. The minimum atomic E-state index is -0.428. The summed E-state index contributed by atoms with van der Waals surface area (Å²) in [5.41, 5.74) is 5.25. The molecule has 0 bridgehead atoms. The lowest BCUT2D eigenvalue weighted by atomic mass is 9.84. The second-order valence-electron chi connectivity index (χ2n) is 5.77. The molecule has 1 aromatic carbocycles. The molecule has 2 aliphatic rings. The van der Waals surface area contributed by atoms with Crippen molar-refractivity contribution >= 4 is 5.91 Å². The Kier molecular flexibility index (Phi) is 2.64. The first-order valence-electron chi connectivity index (χ1n) is 6.37. The summed E-state index contributed by atoms with van der Waals surface area (Å²) >= 11 is 0. The fourth-order valence-electron chi connectivity index (χ4n) is 3.49. The summed E-state index contributed by atoms with van der Waals surface area (Å²) in [6.45, 7) is 2.31. The van der Waals surface area contributed by atoms with E-state index in [1.54, 1.807) is 11.5 Å². The van der Waals surface area contributed by atoms with E-state index in [2.05, 4.69) is 11.9 Å². The SMILES string of the molecule is CN1CC[C@@]2(Cc3ccc(C(=O)NO)cc3C2)C1.